The largest absolute Gasteiger partial charge is 0.392 e. The van der Waals surface area contributed by atoms with E-state index in [4.69, 9.17) is 5.11 Å². The topological polar surface area (TPSA) is 49.3 Å². The van der Waals surface area contributed by atoms with Crippen molar-refractivity contribution < 1.29 is 9.90 Å². The molecule has 0 aliphatic heterocycles. The third-order valence-corrected chi connectivity index (χ3v) is 2.19. The number of carbonyl (C=O) groups excluding carboxylic acids is 1. The first-order chi connectivity index (χ1) is 6.59. The Labute approximate surface area is 91.3 Å². The van der Waals surface area contributed by atoms with Gasteiger partial charge in [-0.25, -0.2) is 0 Å². The number of benzene rings is 1. The van der Waals surface area contributed by atoms with Crippen molar-refractivity contribution in [3.05, 3.63) is 34.3 Å². The molecule has 4 heteroatoms. The molecule has 1 atom stereocenters. The number of rotatable bonds is 3. The van der Waals surface area contributed by atoms with Crippen molar-refractivity contribution in [2.24, 2.45) is 0 Å². The van der Waals surface area contributed by atoms with Crippen molar-refractivity contribution in [3.8, 4) is 0 Å². The van der Waals surface area contributed by atoms with Crippen LogP contribution in [-0.4, -0.2) is 23.7 Å². The molecule has 0 heterocycles. The van der Waals surface area contributed by atoms with Gasteiger partial charge in [0.05, 0.1) is 6.10 Å². The molecule has 0 aliphatic carbocycles. The highest BCUT2D eigenvalue weighted by atomic mass is 79.9. The molecule has 1 aromatic rings. The minimum atomic E-state index is -0.519. The van der Waals surface area contributed by atoms with Crippen LogP contribution in [0.25, 0.3) is 0 Å². The lowest BCUT2D eigenvalue weighted by molar-refractivity contribution is 0.0924. The van der Waals surface area contributed by atoms with Gasteiger partial charge in [-0.1, -0.05) is 15.9 Å². The van der Waals surface area contributed by atoms with Crippen LogP contribution in [0.1, 0.15) is 17.3 Å². The monoisotopic (exact) mass is 257 g/mol. The summed E-state index contributed by atoms with van der Waals surface area (Å²) < 4.78 is 0.935. The van der Waals surface area contributed by atoms with Crippen molar-refractivity contribution in [1.82, 2.24) is 5.32 Å². The van der Waals surface area contributed by atoms with E-state index < -0.39 is 6.10 Å². The van der Waals surface area contributed by atoms with Crippen molar-refractivity contribution in [3.63, 3.8) is 0 Å². The maximum atomic E-state index is 11.4. The zero-order chi connectivity index (χ0) is 10.6. The number of aliphatic hydroxyl groups excluding tert-OH is 1. The Morgan fingerprint density at radius 3 is 2.57 bits per heavy atom. The van der Waals surface area contributed by atoms with Gasteiger partial charge in [-0.2, -0.15) is 0 Å². The van der Waals surface area contributed by atoms with Crippen LogP contribution >= 0.6 is 15.9 Å². The van der Waals surface area contributed by atoms with Crippen LogP contribution in [0.3, 0.4) is 0 Å². The van der Waals surface area contributed by atoms with Gasteiger partial charge in [-0.05, 0) is 31.2 Å². The Morgan fingerprint density at radius 2 is 2.07 bits per heavy atom. The highest BCUT2D eigenvalue weighted by Gasteiger charge is 2.05. The van der Waals surface area contributed by atoms with E-state index in [0.717, 1.165) is 4.47 Å². The normalized spacial score (nSPS) is 12.2. The van der Waals surface area contributed by atoms with Crippen LogP contribution < -0.4 is 5.32 Å². The fourth-order valence-corrected chi connectivity index (χ4v) is 1.21. The molecule has 1 rings (SSSR count). The standard InChI is InChI=1S/C10H12BrNO2/c1-7(13)6-12-10(14)8-2-4-9(11)5-3-8/h2-5,7,13H,6H2,1H3,(H,12,14)/t7-/m0/s1. The summed E-state index contributed by atoms with van der Waals surface area (Å²) in [6.07, 6.45) is -0.519. The van der Waals surface area contributed by atoms with Gasteiger partial charge in [0.1, 0.15) is 0 Å². The molecule has 0 saturated carbocycles. The predicted molar refractivity (Wildman–Crippen MR) is 58.2 cm³/mol. The Morgan fingerprint density at radius 1 is 1.50 bits per heavy atom. The third kappa shape index (κ3) is 3.47. The second kappa shape index (κ2) is 5.12. The molecule has 0 aliphatic rings. The van der Waals surface area contributed by atoms with E-state index in [-0.39, 0.29) is 12.5 Å². The van der Waals surface area contributed by atoms with Crippen LogP contribution in [0.4, 0.5) is 0 Å². The molecular formula is C10H12BrNO2. The average molecular weight is 258 g/mol. The summed E-state index contributed by atoms with van der Waals surface area (Å²) in [5.74, 6) is -0.168. The van der Waals surface area contributed by atoms with E-state index in [1.54, 1.807) is 31.2 Å². The quantitative estimate of drug-likeness (QED) is 0.864. The number of hydrogen-bond donors (Lipinski definition) is 2. The zero-order valence-corrected chi connectivity index (χ0v) is 9.41. The van der Waals surface area contributed by atoms with Crippen LogP contribution in [0.2, 0.25) is 0 Å². The first-order valence-corrected chi connectivity index (χ1v) is 5.10. The number of nitrogens with one attached hydrogen (secondary N) is 1. The third-order valence-electron chi connectivity index (χ3n) is 1.66. The highest BCUT2D eigenvalue weighted by molar-refractivity contribution is 9.10. The molecule has 0 bridgehead atoms. The first kappa shape index (κ1) is 11.2. The van der Waals surface area contributed by atoms with Gasteiger partial charge in [0, 0.05) is 16.6 Å². The van der Waals surface area contributed by atoms with Gasteiger partial charge < -0.3 is 10.4 Å². The molecule has 76 valence electrons. The van der Waals surface area contributed by atoms with E-state index in [1.807, 2.05) is 0 Å². The van der Waals surface area contributed by atoms with E-state index in [2.05, 4.69) is 21.2 Å². The van der Waals surface area contributed by atoms with Crippen molar-refractivity contribution in [2.45, 2.75) is 13.0 Å². The summed E-state index contributed by atoms with van der Waals surface area (Å²) >= 11 is 3.29. The first-order valence-electron chi connectivity index (χ1n) is 4.31. The number of carbonyl (C=O) groups is 1. The lowest BCUT2D eigenvalue weighted by Gasteiger charge is -2.06. The zero-order valence-electron chi connectivity index (χ0n) is 7.83. The average Bonchev–Trinajstić information content (AvgIpc) is 2.15. The predicted octanol–water partition coefficient (Wildman–Crippen LogP) is 1.56. The van der Waals surface area contributed by atoms with Crippen molar-refractivity contribution in [2.75, 3.05) is 6.54 Å². The lowest BCUT2D eigenvalue weighted by Crippen LogP contribution is -2.30. The van der Waals surface area contributed by atoms with Gasteiger partial charge >= 0.3 is 0 Å². The van der Waals surface area contributed by atoms with Gasteiger partial charge in [0.2, 0.25) is 0 Å². The number of amides is 1. The van der Waals surface area contributed by atoms with Gasteiger partial charge in [-0.3, -0.25) is 4.79 Å². The van der Waals surface area contributed by atoms with Crippen LogP contribution in [-0.2, 0) is 0 Å². The van der Waals surface area contributed by atoms with Crippen LogP contribution in [0, 0.1) is 0 Å². The molecule has 2 N–H and O–H groups in total. The summed E-state index contributed by atoms with van der Waals surface area (Å²) in [6.45, 7) is 1.90. The lowest BCUT2D eigenvalue weighted by atomic mass is 10.2. The maximum Gasteiger partial charge on any atom is 0.251 e. The Kier molecular flexibility index (Phi) is 4.10. The van der Waals surface area contributed by atoms with Crippen molar-refractivity contribution in [1.29, 1.82) is 0 Å². The minimum Gasteiger partial charge on any atom is -0.392 e. The molecule has 3 nitrogen and oxygen atoms in total. The Hall–Kier alpha value is -0.870. The molecular weight excluding hydrogens is 246 g/mol. The van der Waals surface area contributed by atoms with Crippen molar-refractivity contribution >= 4 is 21.8 Å². The summed E-state index contributed by atoms with van der Waals surface area (Å²) in [4.78, 5) is 11.4. The molecule has 1 amide bonds. The number of halogens is 1. The Balaban J connectivity index is 2.57. The summed E-state index contributed by atoms with van der Waals surface area (Å²) in [5, 5.41) is 11.6. The molecule has 1 aromatic carbocycles. The molecule has 0 aromatic heterocycles. The second-order valence-corrected chi connectivity index (χ2v) is 3.98. The number of aliphatic hydroxyl groups is 1. The second-order valence-electron chi connectivity index (χ2n) is 3.07. The molecule has 0 radical (unpaired) electrons. The molecule has 14 heavy (non-hydrogen) atoms. The molecule has 0 fully saturated rings. The number of hydrogen-bond acceptors (Lipinski definition) is 2. The minimum absolute atomic E-state index is 0.168. The van der Waals surface area contributed by atoms with E-state index >= 15 is 0 Å². The smallest absolute Gasteiger partial charge is 0.251 e. The van der Waals surface area contributed by atoms with Crippen LogP contribution in [0.15, 0.2) is 28.7 Å². The summed E-state index contributed by atoms with van der Waals surface area (Å²) in [5.41, 5.74) is 0.592. The molecule has 0 unspecified atom stereocenters. The Bertz CT molecular complexity index is 308. The van der Waals surface area contributed by atoms with E-state index in [9.17, 15) is 4.79 Å². The van der Waals surface area contributed by atoms with Gasteiger partial charge in [0.15, 0.2) is 0 Å². The van der Waals surface area contributed by atoms with Gasteiger partial charge in [0.25, 0.3) is 5.91 Å². The summed E-state index contributed by atoms with van der Waals surface area (Å²) in [6, 6.07) is 7.05. The summed E-state index contributed by atoms with van der Waals surface area (Å²) in [7, 11) is 0. The SMILES string of the molecule is C[C@H](O)CNC(=O)c1ccc(Br)cc1. The fraction of sp³-hybridized carbons (Fsp3) is 0.300. The molecule has 0 saturated heterocycles. The van der Waals surface area contributed by atoms with E-state index in [1.165, 1.54) is 0 Å². The highest BCUT2D eigenvalue weighted by Crippen LogP contribution is 2.10. The maximum absolute atomic E-state index is 11.4. The molecule has 0 spiro atoms. The van der Waals surface area contributed by atoms with E-state index in [0.29, 0.717) is 5.56 Å². The van der Waals surface area contributed by atoms with Gasteiger partial charge in [-0.15, -0.1) is 0 Å². The van der Waals surface area contributed by atoms with Crippen LogP contribution in [0.5, 0.6) is 0 Å². The fourth-order valence-electron chi connectivity index (χ4n) is 0.944.